The van der Waals surface area contributed by atoms with Crippen LogP contribution in [0.5, 0.6) is 0 Å². The van der Waals surface area contributed by atoms with E-state index in [9.17, 15) is 19.2 Å². The number of fused-ring (bicyclic) bond motifs is 4. The molecule has 170 valence electrons. The first-order valence-corrected chi connectivity index (χ1v) is 11.2. The summed E-state index contributed by atoms with van der Waals surface area (Å²) in [7, 11) is 1.71. The van der Waals surface area contributed by atoms with Gasteiger partial charge in [-0.05, 0) is 56.7 Å². The van der Waals surface area contributed by atoms with Crippen LogP contribution in [-0.4, -0.2) is 36.6 Å². The number of hydrogen-bond donors (Lipinski definition) is 0. The van der Waals surface area contributed by atoms with Gasteiger partial charge in [-0.3, -0.25) is 19.2 Å². The van der Waals surface area contributed by atoms with E-state index in [1.807, 2.05) is 45.0 Å². The number of ketones is 1. The monoisotopic (exact) mass is 437 g/mol. The van der Waals surface area contributed by atoms with Crippen molar-refractivity contribution in [1.82, 2.24) is 0 Å². The molecule has 0 radical (unpaired) electrons. The van der Waals surface area contributed by atoms with Gasteiger partial charge in [0.15, 0.2) is 5.78 Å². The van der Waals surface area contributed by atoms with Crippen molar-refractivity contribution >= 4 is 29.6 Å². The summed E-state index contributed by atoms with van der Waals surface area (Å²) in [4.78, 5) is 54.6. The second-order valence-corrected chi connectivity index (χ2v) is 10.6. The molecule has 1 spiro atoms. The number of esters is 1. The lowest BCUT2D eigenvalue weighted by Crippen LogP contribution is -2.55. The van der Waals surface area contributed by atoms with Gasteiger partial charge < -0.3 is 9.64 Å². The normalized spacial score (nSPS) is 33.8. The van der Waals surface area contributed by atoms with Gasteiger partial charge in [-0.25, -0.2) is 0 Å². The molecule has 1 aromatic rings. The zero-order chi connectivity index (χ0) is 23.7. The van der Waals surface area contributed by atoms with Crippen LogP contribution in [0.3, 0.4) is 0 Å². The van der Waals surface area contributed by atoms with E-state index in [2.05, 4.69) is 0 Å². The Morgan fingerprint density at radius 1 is 1.19 bits per heavy atom. The average molecular weight is 438 g/mol. The molecule has 6 heteroatoms. The number of nitrogens with zero attached hydrogens (tertiary/aromatic N) is 1. The lowest BCUT2D eigenvalue weighted by atomic mass is 9.55. The van der Waals surface area contributed by atoms with Gasteiger partial charge in [-0.2, -0.15) is 0 Å². The number of amides is 1. The molecule has 0 N–H and O–H groups in total. The van der Waals surface area contributed by atoms with Gasteiger partial charge in [0.05, 0.1) is 5.41 Å². The molecule has 1 heterocycles. The van der Waals surface area contributed by atoms with Gasteiger partial charge in [0.1, 0.15) is 17.8 Å². The molecule has 1 aliphatic heterocycles. The smallest absolute Gasteiger partial charge is 0.317 e. The minimum absolute atomic E-state index is 0.196. The molecule has 0 aromatic heterocycles. The molecular weight excluding hydrogens is 406 g/mol. The van der Waals surface area contributed by atoms with E-state index in [0.717, 1.165) is 23.1 Å². The number of rotatable bonds is 2. The number of aldehydes is 1. The van der Waals surface area contributed by atoms with Crippen molar-refractivity contribution in [2.75, 3.05) is 11.9 Å². The highest BCUT2D eigenvalue weighted by molar-refractivity contribution is 6.14. The Bertz CT molecular complexity index is 1060. The predicted octanol–water partition coefficient (Wildman–Crippen LogP) is 3.39. The second-order valence-electron chi connectivity index (χ2n) is 10.6. The maximum atomic E-state index is 13.9. The summed E-state index contributed by atoms with van der Waals surface area (Å²) >= 11 is 0. The van der Waals surface area contributed by atoms with E-state index in [1.54, 1.807) is 32.7 Å². The van der Waals surface area contributed by atoms with Crippen LogP contribution in [0.2, 0.25) is 0 Å². The standard InChI is InChI=1S/C26H31NO5/c1-13-8-9-19-18(10-13)26(24(31)27(19)7)15(3)16(12-28)11-17-14(2)20(22(29)21(17)26)23(30)32-25(4,5)6/h8-12,14-15,17,20-21H,1-7H3/t14-,15-,17-,20+,21+,26-/m1/s1. The number of carbonyl (C=O) groups is 4. The lowest BCUT2D eigenvalue weighted by molar-refractivity contribution is -0.163. The van der Waals surface area contributed by atoms with Crippen LogP contribution in [0.4, 0.5) is 5.69 Å². The number of anilines is 1. The van der Waals surface area contributed by atoms with E-state index in [0.29, 0.717) is 5.57 Å². The molecule has 0 bridgehead atoms. The molecule has 32 heavy (non-hydrogen) atoms. The highest BCUT2D eigenvalue weighted by atomic mass is 16.6. The zero-order valence-corrected chi connectivity index (χ0v) is 19.8. The number of carbonyl (C=O) groups excluding carboxylic acids is 4. The Labute approximate surface area is 189 Å². The van der Waals surface area contributed by atoms with Gasteiger partial charge in [0, 0.05) is 24.6 Å². The predicted molar refractivity (Wildman–Crippen MR) is 120 cm³/mol. The van der Waals surface area contributed by atoms with E-state index in [1.165, 1.54) is 0 Å². The maximum Gasteiger partial charge on any atom is 0.317 e. The molecule has 1 fully saturated rings. The highest BCUT2D eigenvalue weighted by Crippen LogP contribution is 2.61. The molecule has 1 saturated carbocycles. The minimum Gasteiger partial charge on any atom is -0.459 e. The van der Waals surface area contributed by atoms with Crippen LogP contribution >= 0.6 is 0 Å². The molecule has 0 unspecified atom stereocenters. The fraction of sp³-hybridized carbons (Fsp3) is 0.538. The van der Waals surface area contributed by atoms with Gasteiger partial charge in [-0.1, -0.05) is 37.6 Å². The number of hydrogen-bond acceptors (Lipinski definition) is 5. The number of Topliss-reactive ketones (excluding diaryl/α,β-unsaturated/α-hetero) is 1. The van der Waals surface area contributed by atoms with E-state index in [4.69, 9.17) is 4.74 Å². The molecule has 0 saturated heterocycles. The Morgan fingerprint density at radius 2 is 1.84 bits per heavy atom. The summed E-state index contributed by atoms with van der Waals surface area (Å²) in [5, 5.41) is 0. The summed E-state index contributed by atoms with van der Waals surface area (Å²) in [6.07, 6.45) is 2.61. The molecule has 1 amide bonds. The first kappa shape index (κ1) is 22.4. The zero-order valence-electron chi connectivity index (χ0n) is 19.8. The summed E-state index contributed by atoms with van der Waals surface area (Å²) in [6, 6.07) is 5.79. The number of allylic oxidation sites excluding steroid dienone is 2. The molecule has 1 aromatic carbocycles. The van der Waals surface area contributed by atoms with Crippen molar-refractivity contribution < 1.29 is 23.9 Å². The molecule has 6 atom stereocenters. The van der Waals surface area contributed by atoms with Gasteiger partial charge >= 0.3 is 5.97 Å². The van der Waals surface area contributed by atoms with Crippen LogP contribution in [0.25, 0.3) is 0 Å². The van der Waals surface area contributed by atoms with E-state index < -0.39 is 40.7 Å². The fourth-order valence-electron chi connectivity index (χ4n) is 6.18. The molecule has 2 aliphatic carbocycles. The third kappa shape index (κ3) is 2.84. The van der Waals surface area contributed by atoms with Gasteiger partial charge in [0.2, 0.25) is 5.91 Å². The minimum atomic E-state index is -1.21. The Hall–Kier alpha value is -2.76. The number of ether oxygens (including phenoxy) is 1. The average Bonchev–Trinajstić information content (AvgIpc) is 3.06. The maximum absolute atomic E-state index is 13.9. The third-order valence-corrected chi connectivity index (χ3v) is 7.60. The SMILES string of the molecule is Cc1ccc2c(c1)[C@]1(C(=O)N2C)[C@H](C)C(C=O)=C[C@@H]2[C@@H](C)[C@H](C(=O)OC(C)(C)C)C(=O)[C@H]21. The molecule has 6 nitrogen and oxygen atoms in total. The van der Waals surface area contributed by atoms with Crippen molar-refractivity contribution in [2.45, 2.75) is 52.6 Å². The van der Waals surface area contributed by atoms with Gasteiger partial charge in [0.25, 0.3) is 0 Å². The summed E-state index contributed by atoms with van der Waals surface area (Å²) < 4.78 is 5.59. The fourth-order valence-corrected chi connectivity index (χ4v) is 6.18. The van der Waals surface area contributed by atoms with Crippen molar-refractivity contribution in [1.29, 1.82) is 0 Å². The van der Waals surface area contributed by atoms with E-state index >= 15 is 0 Å². The van der Waals surface area contributed by atoms with Gasteiger partial charge in [-0.15, -0.1) is 0 Å². The topological polar surface area (TPSA) is 80.8 Å². The van der Waals surface area contributed by atoms with Crippen LogP contribution in [0, 0.1) is 36.5 Å². The second kappa shape index (κ2) is 7.12. The lowest BCUT2D eigenvalue weighted by Gasteiger charge is -2.45. The molecule has 3 aliphatic rings. The Kier molecular flexibility index (Phi) is 4.99. The van der Waals surface area contributed by atoms with Crippen molar-refractivity contribution in [2.24, 2.45) is 29.6 Å². The Morgan fingerprint density at radius 3 is 2.44 bits per heavy atom. The first-order chi connectivity index (χ1) is 14.9. The van der Waals surface area contributed by atoms with Crippen LogP contribution in [-0.2, 0) is 29.3 Å². The van der Waals surface area contributed by atoms with Crippen LogP contribution in [0.15, 0.2) is 29.8 Å². The molecular formula is C26H31NO5. The largest absolute Gasteiger partial charge is 0.459 e. The first-order valence-electron chi connectivity index (χ1n) is 11.2. The molecule has 4 rings (SSSR count). The number of benzene rings is 1. The van der Waals surface area contributed by atoms with Crippen molar-refractivity contribution in [3.8, 4) is 0 Å². The van der Waals surface area contributed by atoms with Crippen molar-refractivity contribution in [3.05, 3.63) is 41.0 Å². The quantitative estimate of drug-likeness (QED) is 0.402. The van der Waals surface area contributed by atoms with Crippen LogP contribution < -0.4 is 4.90 Å². The summed E-state index contributed by atoms with van der Waals surface area (Å²) in [5.41, 5.74) is 1.05. The van der Waals surface area contributed by atoms with Crippen molar-refractivity contribution in [3.63, 3.8) is 0 Å². The van der Waals surface area contributed by atoms with E-state index in [-0.39, 0.29) is 17.6 Å². The summed E-state index contributed by atoms with van der Waals surface area (Å²) in [5.74, 6) is -3.99. The van der Waals surface area contributed by atoms with Crippen LogP contribution in [0.1, 0.15) is 45.7 Å². The Balaban J connectivity index is 1.95. The number of aryl methyl sites for hydroxylation is 1. The third-order valence-electron chi connectivity index (χ3n) is 7.60. The highest BCUT2D eigenvalue weighted by Gasteiger charge is 2.69. The number of likely N-dealkylation sites (N-methyl/N-ethyl adjacent to an activating group) is 1. The summed E-state index contributed by atoms with van der Waals surface area (Å²) in [6.45, 7) is 10.9.